The highest BCUT2D eigenvalue weighted by atomic mass is 32.2. The van der Waals surface area contributed by atoms with E-state index in [4.69, 9.17) is 4.74 Å². The van der Waals surface area contributed by atoms with Crippen LogP contribution in [0.3, 0.4) is 0 Å². The predicted octanol–water partition coefficient (Wildman–Crippen LogP) is -0.578. The second-order valence-electron chi connectivity index (χ2n) is 5.15. The highest BCUT2D eigenvalue weighted by Gasteiger charge is 2.34. The Morgan fingerprint density at radius 3 is 2.67 bits per heavy atom. The van der Waals surface area contributed by atoms with Crippen molar-refractivity contribution in [3.8, 4) is 0 Å². The fraction of sp³-hybridized carbons (Fsp3) is 0.667. The smallest absolute Gasteiger partial charge is 0.260 e. The maximum atomic E-state index is 12.3. The van der Waals surface area contributed by atoms with Crippen molar-refractivity contribution in [3.05, 3.63) is 12.3 Å². The van der Waals surface area contributed by atoms with E-state index in [0.717, 1.165) is 12.8 Å². The number of carbonyl (C=O) groups excluding carboxylic acids is 1. The number of aromatic nitrogens is 2. The average Bonchev–Trinajstić information content (AvgIpc) is 3.19. The number of hydrogen-bond acceptors (Lipinski definition) is 5. The zero-order chi connectivity index (χ0) is 14.9. The van der Waals surface area contributed by atoms with Crippen LogP contribution in [0.15, 0.2) is 17.3 Å². The molecule has 116 valence electrons. The van der Waals surface area contributed by atoms with E-state index in [0.29, 0.717) is 32.8 Å². The molecule has 8 nitrogen and oxygen atoms in total. The number of piperazine rings is 1. The van der Waals surface area contributed by atoms with E-state index >= 15 is 0 Å². The minimum Gasteiger partial charge on any atom is -0.368 e. The van der Waals surface area contributed by atoms with Gasteiger partial charge in [0.25, 0.3) is 15.9 Å². The lowest BCUT2D eigenvalue weighted by Gasteiger charge is -2.34. The van der Waals surface area contributed by atoms with Gasteiger partial charge in [-0.15, -0.1) is 0 Å². The van der Waals surface area contributed by atoms with E-state index in [2.05, 4.69) is 10.2 Å². The van der Waals surface area contributed by atoms with Crippen molar-refractivity contribution in [2.24, 2.45) is 0 Å². The van der Waals surface area contributed by atoms with Gasteiger partial charge < -0.3 is 9.64 Å². The molecule has 1 aromatic rings. The molecule has 0 aromatic carbocycles. The molecular formula is C12H18N4O4S. The van der Waals surface area contributed by atoms with Gasteiger partial charge in [-0.3, -0.25) is 9.89 Å². The SMILES string of the molecule is O=C(C1CCCO1)N1CCN(S(=O)(=O)c2ccn[nH]2)CC1. The zero-order valence-electron chi connectivity index (χ0n) is 11.6. The first-order valence-electron chi connectivity index (χ1n) is 6.99. The lowest BCUT2D eigenvalue weighted by atomic mass is 10.2. The van der Waals surface area contributed by atoms with Gasteiger partial charge in [-0.05, 0) is 18.9 Å². The molecule has 0 aliphatic carbocycles. The van der Waals surface area contributed by atoms with Crippen LogP contribution in [0.25, 0.3) is 0 Å². The highest BCUT2D eigenvalue weighted by molar-refractivity contribution is 7.89. The summed E-state index contributed by atoms with van der Waals surface area (Å²) in [5, 5.41) is 6.22. The molecule has 3 rings (SSSR count). The van der Waals surface area contributed by atoms with Gasteiger partial charge in [-0.2, -0.15) is 9.40 Å². The highest BCUT2D eigenvalue weighted by Crippen LogP contribution is 2.18. The summed E-state index contributed by atoms with van der Waals surface area (Å²) in [5.74, 6) is -0.0221. The third-order valence-corrected chi connectivity index (χ3v) is 5.68. The Balaban J connectivity index is 1.61. The number of carbonyl (C=O) groups is 1. The Hall–Kier alpha value is -1.45. The molecule has 3 heterocycles. The van der Waals surface area contributed by atoms with Crippen LogP contribution in [0.2, 0.25) is 0 Å². The van der Waals surface area contributed by atoms with Crippen LogP contribution >= 0.6 is 0 Å². The number of aromatic amines is 1. The molecule has 1 aromatic heterocycles. The van der Waals surface area contributed by atoms with Crippen molar-refractivity contribution < 1.29 is 17.9 Å². The third kappa shape index (κ3) is 2.81. The van der Waals surface area contributed by atoms with E-state index in [9.17, 15) is 13.2 Å². The van der Waals surface area contributed by atoms with Gasteiger partial charge in [0.05, 0.1) is 6.20 Å². The van der Waals surface area contributed by atoms with E-state index in [1.54, 1.807) is 4.90 Å². The van der Waals surface area contributed by atoms with Gasteiger partial charge in [0, 0.05) is 32.8 Å². The number of nitrogens with one attached hydrogen (secondary N) is 1. The topological polar surface area (TPSA) is 95.6 Å². The van der Waals surface area contributed by atoms with Crippen LogP contribution < -0.4 is 0 Å². The largest absolute Gasteiger partial charge is 0.368 e. The van der Waals surface area contributed by atoms with E-state index in [1.807, 2.05) is 0 Å². The van der Waals surface area contributed by atoms with E-state index in [-0.39, 0.29) is 17.0 Å². The fourth-order valence-corrected chi connectivity index (χ4v) is 3.97. The number of nitrogens with zero attached hydrogens (tertiary/aromatic N) is 3. The third-order valence-electron chi connectivity index (χ3n) is 3.85. The van der Waals surface area contributed by atoms with E-state index < -0.39 is 10.0 Å². The molecule has 0 bridgehead atoms. The Kier molecular flexibility index (Phi) is 3.96. The summed E-state index contributed by atoms with van der Waals surface area (Å²) in [6.07, 6.45) is 2.72. The van der Waals surface area contributed by atoms with E-state index in [1.165, 1.54) is 16.6 Å². The number of rotatable bonds is 3. The molecule has 2 aliphatic heterocycles. The molecule has 2 aliphatic rings. The molecule has 1 amide bonds. The summed E-state index contributed by atoms with van der Waals surface area (Å²) >= 11 is 0. The Morgan fingerprint density at radius 1 is 1.33 bits per heavy atom. The van der Waals surface area contributed by atoms with Crippen LogP contribution in [-0.2, 0) is 19.6 Å². The van der Waals surface area contributed by atoms with Crippen LogP contribution in [0.1, 0.15) is 12.8 Å². The van der Waals surface area contributed by atoms with Crippen molar-refractivity contribution in [2.75, 3.05) is 32.8 Å². The molecule has 9 heteroatoms. The summed E-state index contributed by atoms with van der Waals surface area (Å²) in [6.45, 7) is 2.00. The second-order valence-corrected chi connectivity index (χ2v) is 7.06. The lowest BCUT2D eigenvalue weighted by Crippen LogP contribution is -2.52. The molecule has 0 saturated carbocycles. The van der Waals surface area contributed by atoms with Gasteiger partial charge in [-0.1, -0.05) is 0 Å². The molecular weight excluding hydrogens is 296 g/mol. The molecule has 1 atom stereocenters. The predicted molar refractivity (Wildman–Crippen MR) is 72.9 cm³/mol. The lowest BCUT2D eigenvalue weighted by molar-refractivity contribution is -0.142. The maximum absolute atomic E-state index is 12.3. The summed E-state index contributed by atoms with van der Waals surface area (Å²) in [4.78, 5) is 13.9. The van der Waals surface area contributed by atoms with Gasteiger partial charge in [0.1, 0.15) is 6.10 Å². The number of hydrogen-bond donors (Lipinski definition) is 1. The zero-order valence-corrected chi connectivity index (χ0v) is 12.4. The standard InChI is InChI=1S/C12H18N4O4S/c17-12(10-2-1-9-20-10)15-5-7-16(8-6-15)21(18,19)11-3-4-13-14-11/h3-4,10H,1-2,5-9H2,(H,13,14). The molecule has 1 unspecified atom stereocenters. The molecule has 2 fully saturated rings. The molecule has 0 radical (unpaired) electrons. The van der Waals surface area contributed by atoms with Crippen molar-refractivity contribution in [1.82, 2.24) is 19.4 Å². The van der Waals surface area contributed by atoms with Crippen LogP contribution in [0.4, 0.5) is 0 Å². The first kappa shape index (κ1) is 14.5. The van der Waals surface area contributed by atoms with Crippen molar-refractivity contribution in [3.63, 3.8) is 0 Å². The maximum Gasteiger partial charge on any atom is 0.260 e. The second kappa shape index (κ2) is 5.74. The van der Waals surface area contributed by atoms with Crippen molar-refractivity contribution in [1.29, 1.82) is 0 Å². The Morgan fingerprint density at radius 2 is 2.10 bits per heavy atom. The first-order chi connectivity index (χ1) is 10.1. The molecule has 21 heavy (non-hydrogen) atoms. The van der Waals surface area contributed by atoms with Crippen LogP contribution in [0.5, 0.6) is 0 Å². The van der Waals surface area contributed by atoms with Gasteiger partial charge in [0.15, 0.2) is 5.03 Å². The quantitative estimate of drug-likeness (QED) is 0.805. The van der Waals surface area contributed by atoms with Crippen molar-refractivity contribution in [2.45, 2.75) is 24.0 Å². The monoisotopic (exact) mass is 314 g/mol. The minimum absolute atomic E-state index is 0.0221. The first-order valence-corrected chi connectivity index (χ1v) is 8.43. The molecule has 2 saturated heterocycles. The van der Waals surface area contributed by atoms with Gasteiger partial charge >= 0.3 is 0 Å². The number of H-pyrrole nitrogens is 1. The normalized spacial score (nSPS) is 24.4. The fourth-order valence-electron chi connectivity index (χ4n) is 2.65. The summed E-state index contributed by atoms with van der Waals surface area (Å²) in [5.41, 5.74) is 0. The van der Waals surface area contributed by atoms with Crippen molar-refractivity contribution >= 4 is 15.9 Å². The Bertz CT molecular complexity index is 587. The number of sulfonamides is 1. The minimum atomic E-state index is -3.54. The molecule has 1 N–H and O–H groups in total. The molecule has 0 spiro atoms. The summed E-state index contributed by atoms with van der Waals surface area (Å²) < 4.78 is 31.4. The van der Waals surface area contributed by atoms with Gasteiger partial charge in [0.2, 0.25) is 0 Å². The number of amides is 1. The van der Waals surface area contributed by atoms with Crippen LogP contribution in [0, 0.1) is 0 Å². The average molecular weight is 314 g/mol. The summed E-state index contributed by atoms with van der Waals surface area (Å²) in [7, 11) is -3.54. The number of ether oxygens (including phenoxy) is 1. The summed E-state index contributed by atoms with van der Waals surface area (Å²) in [6, 6.07) is 1.43. The Labute approximate surface area is 123 Å². The van der Waals surface area contributed by atoms with Crippen LogP contribution in [-0.4, -0.2) is 72.6 Å². The van der Waals surface area contributed by atoms with Gasteiger partial charge in [-0.25, -0.2) is 8.42 Å².